The zero-order valence-corrected chi connectivity index (χ0v) is 21.8. The first-order valence-electron chi connectivity index (χ1n) is 11.2. The summed E-state index contributed by atoms with van der Waals surface area (Å²) in [5, 5.41) is 3.53. The molecule has 180 valence electrons. The molecule has 0 unspecified atom stereocenters. The second kappa shape index (κ2) is 10.7. The smallest absolute Gasteiger partial charge is 0.244 e. The van der Waals surface area contributed by atoms with Gasteiger partial charge in [0.25, 0.3) is 0 Å². The van der Waals surface area contributed by atoms with E-state index < -0.39 is 10.0 Å². The van der Waals surface area contributed by atoms with E-state index >= 15 is 0 Å². The SMILES string of the molecule is Cc1ccc(CN(CC(=O)N[C@H](C)c2ccc(Cl)cc2)S(=O)(=O)c2c(C)cc(C)cc2C)cc1. The molecule has 0 bridgehead atoms. The Balaban J connectivity index is 1.91. The maximum atomic E-state index is 13.8. The number of benzene rings is 3. The zero-order valence-electron chi connectivity index (χ0n) is 20.2. The van der Waals surface area contributed by atoms with Gasteiger partial charge in [0.1, 0.15) is 0 Å². The van der Waals surface area contributed by atoms with Crippen molar-refractivity contribution in [2.75, 3.05) is 6.54 Å². The number of hydrogen-bond donors (Lipinski definition) is 1. The fourth-order valence-electron chi connectivity index (χ4n) is 4.11. The second-order valence-electron chi connectivity index (χ2n) is 8.83. The largest absolute Gasteiger partial charge is 0.348 e. The van der Waals surface area contributed by atoms with Gasteiger partial charge in [-0.25, -0.2) is 8.42 Å². The number of nitrogens with zero attached hydrogens (tertiary/aromatic N) is 1. The molecule has 0 aromatic heterocycles. The lowest BCUT2D eigenvalue weighted by Gasteiger charge is -2.25. The van der Waals surface area contributed by atoms with Gasteiger partial charge in [0.15, 0.2) is 0 Å². The minimum Gasteiger partial charge on any atom is -0.348 e. The summed E-state index contributed by atoms with van der Waals surface area (Å²) < 4.78 is 28.9. The molecule has 34 heavy (non-hydrogen) atoms. The predicted molar refractivity (Wildman–Crippen MR) is 137 cm³/mol. The van der Waals surface area contributed by atoms with Gasteiger partial charge in [-0.2, -0.15) is 4.31 Å². The van der Waals surface area contributed by atoms with Gasteiger partial charge in [-0.3, -0.25) is 4.79 Å². The van der Waals surface area contributed by atoms with Crippen LogP contribution < -0.4 is 5.32 Å². The van der Waals surface area contributed by atoms with Crippen molar-refractivity contribution in [1.82, 2.24) is 9.62 Å². The van der Waals surface area contributed by atoms with Gasteiger partial charge in [0, 0.05) is 11.6 Å². The maximum Gasteiger partial charge on any atom is 0.244 e. The molecular weight excluding hydrogens is 468 g/mol. The Morgan fingerprint density at radius 2 is 1.47 bits per heavy atom. The van der Waals surface area contributed by atoms with Crippen molar-refractivity contribution < 1.29 is 13.2 Å². The van der Waals surface area contributed by atoms with Crippen molar-refractivity contribution in [2.45, 2.75) is 52.1 Å². The Morgan fingerprint density at radius 3 is 2.03 bits per heavy atom. The number of halogens is 1. The third-order valence-electron chi connectivity index (χ3n) is 5.75. The fraction of sp³-hybridized carbons (Fsp3) is 0.296. The Morgan fingerprint density at radius 1 is 0.912 bits per heavy atom. The van der Waals surface area contributed by atoms with E-state index in [9.17, 15) is 13.2 Å². The van der Waals surface area contributed by atoms with Crippen molar-refractivity contribution in [3.05, 3.63) is 99.1 Å². The van der Waals surface area contributed by atoms with E-state index in [-0.39, 0.29) is 29.9 Å². The summed E-state index contributed by atoms with van der Waals surface area (Å²) >= 11 is 5.96. The van der Waals surface area contributed by atoms with Gasteiger partial charge in [-0.05, 0) is 69.0 Å². The lowest BCUT2D eigenvalue weighted by atomic mass is 10.1. The first-order valence-corrected chi connectivity index (χ1v) is 13.0. The van der Waals surface area contributed by atoms with Crippen molar-refractivity contribution in [2.24, 2.45) is 0 Å². The molecule has 0 saturated heterocycles. The summed E-state index contributed by atoms with van der Waals surface area (Å²) in [5.74, 6) is -0.374. The topological polar surface area (TPSA) is 66.5 Å². The van der Waals surface area contributed by atoms with Crippen LogP contribution in [0.3, 0.4) is 0 Å². The fourth-order valence-corrected chi connectivity index (χ4v) is 6.03. The molecular formula is C27H31ClN2O3S. The van der Waals surface area contributed by atoms with Crippen LogP contribution in [-0.4, -0.2) is 25.2 Å². The van der Waals surface area contributed by atoms with E-state index in [0.717, 1.165) is 22.3 Å². The Kier molecular flexibility index (Phi) is 8.18. The third-order valence-corrected chi connectivity index (χ3v) is 8.10. The van der Waals surface area contributed by atoms with Crippen LogP contribution in [0.4, 0.5) is 0 Å². The standard InChI is InChI=1S/C27H31ClN2O3S/c1-18-6-8-23(9-7-18)16-30(34(32,33)27-20(3)14-19(2)15-21(27)4)17-26(31)29-22(5)24-10-12-25(28)13-11-24/h6-15,22H,16-17H2,1-5H3,(H,29,31)/t22-/m1/s1. The molecule has 0 radical (unpaired) electrons. The average molecular weight is 499 g/mol. The molecule has 1 amide bonds. The molecule has 0 aliphatic heterocycles. The molecule has 3 rings (SSSR count). The Bertz CT molecular complexity index is 1250. The van der Waals surface area contributed by atoms with Crippen molar-refractivity contribution in [3.63, 3.8) is 0 Å². The number of sulfonamides is 1. The number of carbonyl (C=O) groups is 1. The van der Waals surface area contributed by atoms with Gasteiger partial charge in [0.2, 0.25) is 15.9 Å². The van der Waals surface area contributed by atoms with E-state index in [1.165, 1.54) is 4.31 Å². The monoisotopic (exact) mass is 498 g/mol. The van der Waals surface area contributed by atoms with Crippen LogP contribution in [0.25, 0.3) is 0 Å². The van der Waals surface area contributed by atoms with Crippen molar-refractivity contribution in [3.8, 4) is 0 Å². The number of hydrogen-bond acceptors (Lipinski definition) is 3. The van der Waals surface area contributed by atoms with Crippen LogP contribution in [0.1, 0.15) is 46.3 Å². The minimum absolute atomic E-state index is 0.0954. The van der Waals surface area contributed by atoms with Crippen molar-refractivity contribution >= 4 is 27.5 Å². The second-order valence-corrected chi connectivity index (χ2v) is 11.1. The Labute approximate surface area is 207 Å². The number of amides is 1. The van der Waals surface area contributed by atoms with Crippen LogP contribution in [-0.2, 0) is 21.4 Å². The lowest BCUT2D eigenvalue weighted by molar-refractivity contribution is -0.122. The quantitative estimate of drug-likeness (QED) is 0.437. The molecule has 0 saturated carbocycles. The summed E-state index contributed by atoms with van der Waals surface area (Å²) in [6.07, 6.45) is 0. The van der Waals surface area contributed by atoms with E-state index in [1.807, 2.05) is 69.3 Å². The highest BCUT2D eigenvalue weighted by atomic mass is 35.5. The third kappa shape index (κ3) is 6.26. The van der Waals surface area contributed by atoms with Crippen LogP contribution in [0.15, 0.2) is 65.6 Å². The van der Waals surface area contributed by atoms with Gasteiger partial charge in [0.05, 0.1) is 17.5 Å². The van der Waals surface area contributed by atoms with E-state index in [4.69, 9.17) is 11.6 Å². The normalized spacial score (nSPS) is 12.6. The number of carbonyl (C=O) groups excluding carboxylic acids is 1. The van der Waals surface area contributed by atoms with Crippen LogP contribution in [0.5, 0.6) is 0 Å². The Hall–Kier alpha value is -2.67. The van der Waals surface area contributed by atoms with E-state index in [1.54, 1.807) is 26.0 Å². The van der Waals surface area contributed by atoms with Gasteiger partial charge in [-0.1, -0.05) is 71.3 Å². The van der Waals surface area contributed by atoms with Crippen LogP contribution in [0.2, 0.25) is 5.02 Å². The molecule has 5 nitrogen and oxygen atoms in total. The summed E-state index contributed by atoms with van der Waals surface area (Å²) in [4.78, 5) is 13.3. The van der Waals surface area contributed by atoms with E-state index in [2.05, 4.69) is 5.32 Å². The molecule has 0 aliphatic carbocycles. The van der Waals surface area contributed by atoms with Gasteiger partial charge >= 0.3 is 0 Å². The van der Waals surface area contributed by atoms with Crippen LogP contribution in [0, 0.1) is 27.7 Å². The zero-order chi connectivity index (χ0) is 25.0. The number of rotatable bonds is 8. The van der Waals surface area contributed by atoms with Crippen LogP contribution >= 0.6 is 11.6 Å². The molecule has 0 aliphatic rings. The average Bonchev–Trinajstić information content (AvgIpc) is 2.74. The molecule has 1 atom stereocenters. The molecule has 3 aromatic rings. The summed E-state index contributed by atoms with van der Waals surface area (Å²) in [6.45, 7) is 9.15. The summed E-state index contributed by atoms with van der Waals surface area (Å²) in [7, 11) is -3.93. The maximum absolute atomic E-state index is 13.8. The molecule has 7 heteroatoms. The molecule has 1 N–H and O–H groups in total. The lowest BCUT2D eigenvalue weighted by Crippen LogP contribution is -2.41. The van der Waals surface area contributed by atoms with E-state index in [0.29, 0.717) is 16.1 Å². The first kappa shape index (κ1) is 25.9. The molecule has 0 fully saturated rings. The van der Waals surface area contributed by atoms with Crippen molar-refractivity contribution in [1.29, 1.82) is 0 Å². The molecule has 0 spiro atoms. The minimum atomic E-state index is -3.93. The first-order chi connectivity index (χ1) is 16.0. The highest BCUT2D eigenvalue weighted by molar-refractivity contribution is 7.89. The summed E-state index contributed by atoms with van der Waals surface area (Å²) in [5.41, 5.74) is 5.11. The van der Waals surface area contributed by atoms with Gasteiger partial charge in [-0.15, -0.1) is 0 Å². The highest BCUT2D eigenvalue weighted by Crippen LogP contribution is 2.27. The predicted octanol–water partition coefficient (Wildman–Crippen LogP) is 5.64. The summed E-state index contributed by atoms with van der Waals surface area (Å²) in [6, 6.07) is 18.3. The van der Waals surface area contributed by atoms with Gasteiger partial charge < -0.3 is 5.32 Å². The number of nitrogens with one attached hydrogen (secondary N) is 1. The molecule has 3 aromatic carbocycles. The highest BCUT2D eigenvalue weighted by Gasteiger charge is 2.30. The number of aryl methyl sites for hydroxylation is 4. The molecule has 0 heterocycles.